The number of primary amides is 1. The van der Waals surface area contributed by atoms with E-state index in [0.29, 0.717) is 39.0 Å². The lowest BCUT2D eigenvalue weighted by Gasteiger charge is -2.31. The smallest absolute Gasteiger partial charge is 0.234 e. The van der Waals surface area contributed by atoms with E-state index in [1.165, 1.54) is 0 Å². The zero-order valence-corrected chi connectivity index (χ0v) is 19.9. The zero-order chi connectivity index (χ0) is 23.2. The first-order valence-corrected chi connectivity index (χ1v) is 11.1. The number of carbonyl (C=O) groups excluding carboxylic acids is 3. The van der Waals surface area contributed by atoms with Crippen LogP contribution < -0.4 is 21.7 Å². The molecule has 0 rings (SSSR count). The average molecular weight is 429 g/mol. The van der Waals surface area contributed by atoms with Crippen LogP contribution in [-0.2, 0) is 19.1 Å². The highest BCUT2D eigenvalue weighted by atomic mass is 16.5. The third-order valence-corrected chi connectivity index (χ3v) is 5.14. The van der Waals surface area contributed by atoms with Crippen LogP contribution in [0.1, 0.15) is 79.6 Å². The van der Waals surface area contributed by atoms with Gasteiger partial charge in [-0.1, -0.05) is 13.3 Å². The third kappa shape index (κ3) is 12.8. The van der Waals surface area contributed by atoms with Crippen LogP contribution in [0, 0.1) is 5.41 Å². The quantitative estimate of drug-likeness (QED) is 0.263. The summed E-state index contributed by atoms with van der Waals surface area (Å²) in [6, 6.07) is -0.329. The molecule has 0 aromatic heterocycles. The fraction of sp³-hybridized carbons (Fsp3) is 0.864. The molecule has 0 aliphatic rings. The molecule has 0 aliphatic heterocycles. The van der Waals surface area contributed by atoms with Crippen molar-refractivity contribution in [3.8, 4) is 0 Å². The number of hydrogen-bond donors (Lipinski definition) is 4. The third-order valence-electron chi connectivity index (χ3n) is 5.14. The van der Waals surface area contributed by atoms with Gasteiger partial charge in [0.1, 0.15) is 0 Å². The number of rotatable bonds is 17. The van der Waals surface area contributed by atoms with Crippen molar-refractivity contribution in [2.75, 3.05) is 26.7 Å². The van der Waals surface area contributed by atoms with Gasteiger partial charge in [-0.2, -0.15) is 0 Å². The lowest BCUT2D eigenvalue weighted by molar-refractivity contribution is -0.137. The molecule has 1 atom stereocenters. The Bertz CT molecular complexity index is 535. The van der Waals surface area contributed by atoms with Crippen LogP contribution in [0.5, 0.6) is 0 Å². The van der Waals surface area contributed by atoms with Crippen molar-refractivity contribution in [1.29, 1.82) is 0 Å². The van der Waals surface area contributed by atoms with Crippen molar-refractivity contribution >= 4 is 17.7 Å². The van der Waals surface area contributed by atoms with Gasteiger partial charge in [-0.05, 0) is 66.8 Å². The molecule has 0 heterocycles. The number of unbranched alkanes of at least 4 members (excludes halogenated alkanes) is 2. The lowest BCUT2D eigenvalue weighted by Crippen LogP contribution is -2.43. The topological polar surface area (TPSA) is 123 Å². The van der Waals surface area contributed by atoms with Crippen LogP contribution in [-0.4, -0.2) is 56.1 Å². The van der Waals surface area contributed by atoms with Gasteiger partial charge in [-0.25, -0.2) is 0 Å². The molecule has 30 heavy (non-hydrogen) atoms. The molecule has 0 spiro atoms. The molecule has 8 nitrogen and oxygen atoms in total. The minimum absolute atomic E-state index is 0.0637. The van der Waals surface area contributed by atoms with E-state index in [0.717, 1.165) is 25.7 Å². The van der Waals surface area contributed by atoms with Crippen LogP contribution in [0.2, 0.25) is 0 Å². The van der Waals surface area contributed by atoms with Crippen LogP contribution in [0.15, 0.2) is 0 Å². The van der Waals surface area contributed by atoms with Gasteiger partial charge in [0.15, 0.2) is 0 Å². The van der Waals surface area contributed by atoms with Gasteiger partial charge < -0.3 is 26.4 Å². The predicted octanol–water partition coefficient (Wildman–Crippen LogP) is 1.86. The molecule has 0 aromatic carbocycles. The molecule has 0 bridgehead atoms. The molecule has 176 valence electrons. The maximum atomic E-state index is 12.5. The SMILES string of the molecule is CCCCC(=O)NCCC(C)(C)OCC(C)(C)C(=O)NCCCCC(NC)C(N)=O. The summed E-state index contributed by atoms with van der Waals surface area (Å²) in [5.41, 5.74) is 4.19. The number of amides is 3. The summed E-state index contributed by atoms with van der Waals surface area (Å²) in [5, 5.41) is 8.75. The van der Waals surface area contributed by atoms with Crippen LogP contribution in [0.4, 0.5) is 0 Å². The standard InChI is InChI=1S/C22H44N4O4/c1-7-8-12-18(27)25-15-13-22(4,5)30-16-21(2,3)20(29)26-14-10-9-11-17(24-6)19(23)28/h17,24H,7-16H2,1-6H3,(H2,23,28)(H,25,27)(H,26,29). The average Bonchev–Trinajstić information content (AvgIpc) is 2.67. The first-order chi connectivity index (χ1) is 13.9. The zero-order valence-electron chi connectivity index (χ0n) is 19.9. The van der Waals surface area contributed by atoms with Crippen molar-refractivity contribution in [2.24, 2.45) is 11.1 Å². The second-order valence-electron chi connectivity index (χ2n) is 9.13. The normalized spacial score (nSPS) is 13.0. The van der Waals surface area contributed by atoms with Crippen LogP contribution >= 0.6 is 0 Å². The maximum absolute atomic E-state index is 12.5. The minimum Gasteiger partial charge on any atom is -0.374 e. The maximum Gasteiger partial charge on any atom is 0.234 e. The van der Waals surface area contributed by atoms with Crippen molar-refractivity contribution in [3.63, 3.8) is 0 Å². The fourth-order valence-electron chi connectivity index (χ4n) is 2.79. The van der Waals surface area contributed by atoms with E-state index in [1.54, 1.807) is 7.05 Å². The fourth-order valence-corrected chi connectivity index (χ4v) is 2.79. The molecular formula is C22H44N4O4. The first kappa shape index (κ1) is 28.3. The van der Waals surface area contributed by atoms with Gasteiger partial charge in [0.25, 0.3) is 0 Å². The second-order valence-corrected chi connectivity index (χ2v) is 9.13. The van der Waals surface area contributed by atoms with Gasteiger partial charge in [0.05, 0.1) is 23.7 Å². The highest BCUT2D eigenvalue weighted by molar-refractivity contribution is 5.82. The summed E-state index contributed by atoms with van der Waals surface area (Å²) < 4.78 is 6.01. The highest BCUT2D eigenvalue weighted by Crippen LogP contribution is 2.22. The minimum atomic E-state index is -0.664. The Kier molecular flexibility index (Phi) is 13.6. The Hall–Kier alpha value is -1.67. The first-order valence-electron chi connectivity index (χ1n) is 11.1. The summed E-state index contributed by atoms with van der Waals surface area (Å²) in [6.45, 7) is 11.1. The molecule has 1 unspecified atom stereocenters. The molecular weight excluding hydrogens is 384 g/mol. The molecule has 5 N–H and O–H groups in total. The van der Waals surface area contributed by atoms with Gasteiger partial charge in [-0.15, -0.1) is 0 Å². The van der Waals surface area contributed by atoms with E-state index in [2.05, 4.69) is 22.9 Å². The molecule has 0 aromatic rings. The molecule has 0 fully saturated rings. The van der Waals surface area contributed by atoms with E-state index in [4.69, 9.17) is 10.5 Å². The second kappa shape index (κ2) is 14.4. The van der Waals surface area contributed by atoms with Gasteiger partial charge in [0.2, 0.25) is 17.7 Å². The number of nitrogens with two attached hydrogens (primary N) is 1. The van der Waals surface area contributed by atoms with Crippen molar-refractivity contribution in [2.45, 2.75) is 91.2 Å². The number of nitrogens with one attached hydrogen (secondary N) is 3. The van der Waals surface area contributed by atoms with Gasteiger partial charge >= 0.3 is 0 Å². The van der Waals surface area contributed by atoms with E-state index >= 15 is 0 Å². The molecule has 3 amide bonds. The summed E-state index contributed by atoms with van der Waals surface area (Å²) >= 11 is 0. The number of carbonyl (C=O) groups is 3. The number of ether oxygens (including phenoxy) is 1. The van der Waals surface area contributed by atoms with Gasteiger partial charge in [-0.3, -0.25) is 14.4 Å². The van der Waals surface area contributed by atoms with Gasteiger partial charge in [0, 0.05) is 19.5 Å². The Labute approximate surface area is 182 Å². The Balaban J connectivity index is 4.18. The van der Waals surface area contributed by atoms with Crippen LogP contribution in [0.25, 0.3) is 0 Å². The predicted molar refractivity (Wildman–Crippen MR) is 120 cm³/mol. The van der Waals surface area contributed by atoms with Crippen LogP contribution in [0.3, 0.4) is 0 Å². The van der Waals surface area contributed by atoms with Crippen molar-refractivity contribution < 1.29 is 19.1 Å². The Morgan fingerprint density at radius 1 is 1.00 bits per heavy atom. The monoisotopic (exact) mass is 428 g/mol. The van der Waals surface area contributed by atoms with E-state index < -0.39 is 11.0 Å². The van der Waals surface area contributed by atoms with E-state index in [1.807, 2.05) is 27.7 Å². The van der Waals surface area contributed by atoms with E-state index in [9.17, 15) is 14.4 Å². The largest absolute Gasteiger partial charge is 0.374 e. The summed E-state index contributed by atoms with van der Waals surface area (Å²) in [5.74, 6) is -0.349. The van der Waals surface area contributed by atoms with Crippen molar-refractivity contribution in [1.82, 2.24) is 16.0 Å². The summed E-state index contributed by atoms with van der Waals surface area (Å²) in [4.78, 5) is 35.4. The molecule has 0 radical (unpaired) electrons. The Morgan fingerprint density at radius 3 is 2.23 bits per heavy atom. The highest BCUT2D eigenvalue weighted by Gasteiger charge is 2.31. The number of hydrogen-bond acceptors (Lipinski definition) is 5. The molecule has 0 saturated heterocycles. The van der Waals surface area contributed by atoms with Crippen molar-refractivity contribution in [3.05, 3.63) is 0 Å². The summed E-state index contributed by atoms with van der Waals surface area (Å²) in [6.07, 6.45) is 5.36. The molecule has 0 aliphatic carbocycles. The molecule has 0 saturated carbocycles. The van der Waals surface area contributed by atoms with E-state index in [-0.39, 0.29) is 23.8 Å². The summed E-state index contributed by atoms with van der Waals surface area (Å²) in [7, 11) is 1.71. The lowest BCUT2D eigenvalue weighted by atomic mass is 9.92. The molecule has 8 heteroatoms. The number of likely N-dealkylation sites (N-methyl/N-ethyl adjacent to an activating group) is 1. The Morgan fingerprint density at radius 2 is 1.67 bits per heavy atom.